The topological polar surface area (TPSA) is 577 Å². The molecule has 0 radical (unpaired) electrons. The van der Waals surface area contributed by atoms with Crippen molar-refractivity contribution in [1.82, 2.24) is 63.8 Å². The van der Waals surface area contributed by atoms with Crippen molar-refractivity contribution in [1.29, 1.82) is 0 Å². The van der Waals surface area contributed by atoms with Gasteiger partial charge >= 0.3 is 5.97 Å². The smallest absolute Gasteiger partial charge is 0.326 e. The van der Waals surface area contributed by atoms with Crippen LogP contribution in [0.25, 0.3) is 0 Å². The Kier molecular flexibility index (Phi) is 43.2. The third kappa shape index (κ3) is 33.8. The lowest BCUT2D eigenvalue weighted by Gasteiger charge is -2.30. The normalized spacial score (nSPS) is 15.9. The van der Waals surface area contributed by atoms with Crippen LogP contribution in [-0.2, 0) is 68.7 Å². The Morgan fingerprint density at radius 2 is 0.637 bits per heavy atom. The molecule has 0 aliphatic rings. The number of carbonyl (C=O) groups is 13. The van der Waals surface area contributed by atoms with Crippen molar-refractivity contribution in [2.45, 2.75) is 264 Å². The van der Waals surface area contributed by atoms with Crippen molar-refractivity contribution >= 4 is 76.9 Å². The molecule has 0 aromatic heterocycles. The van der Waals surface area contributed by atoms with E-state index < -0.39 is 185 Å². The summed E-state index contributed by atoms with van der Waals surface area (Å²) in [5.41, 5.74) is 29.4. The molecule has 1 aromatic rings. The van der Waals surface area contributed by atoms with Crippen LogP contribution in [0.5, 0.6) is 5.75 Å². The molecule has 0 fully saturated rings. The van der Waals surface area contributed by atoms with Gasteiger partial charge in [-0.05, 0) is 172 Å². The highest BCUT2D eigenvalue weighted by molar-refractivity contribution is 6.00. The van der Waals surface area contributed by atoms with Crippen LogP contribution < -0.4 is 92.5 Å². The minimum atomic E-state index is -1.79. The average Bonchev–Trinajstić information content (AvgIpc) is 0.850. The van der Waals surface area contributed by atoms with Gasteiger partial charge in [0.25, 0.3) is 0 Å². The Balaban J connectivity index is 3.38. The van der Waals surface area contributed by atoms with Crippen LogP contribution in [0, 0.1) is 23.7 Å². The summed E-state index contributed by atoms with van der Waals surface area (Å²) in [4.78, 5) is 179. The van der Waals surface area contributed by atoms with Gasteiger partial charge in [0.1, 0.15) is 78.3 Å². The number of hydrogen-bond acceptors (Lipinski definition) is 21. The van der Waals surface area contributed by atoms with Crippen LogP contribution in [0.3, 0.4) is 0 Å². The van der Waals surface area contributed by atoms with Crippen LogP contribution >= 0.6 is 0 Å². The standard InChI is InChI=1S/C68H121N17O17/c1-35(2)33-49(62(95)83-53(38(7)8)68(101)102)79-65(98)52(37(5)6)81-63(96)50(34-43-25-27-44(88)28-26-43)80-66(99)54(41(11)86)84-57(90)40(10)74-56(89)39(9)75-64(97)51(36(3)4)82-67(100)55(42(12)87)85-61(94)48(24-16-20-32-72)78-60(93)47(23-15-19-31-71)77-59(92)46(22-14-18-30-70)76-58(91)45(73)21-13-17-29-69/h25-28,35-42,45-55,86-88H,13-24,29-34,69-73H2,1-12H3,(H,74,89)(H,75,97)(H,76,91)(H,77,92)(H,78,93)(H,79,98)(H,80,99)(H,81,96)(H,82,100)(H,83,95)(H,84,90)(H,85,94)(H,101,102)/t39-,40-,41+,42+,45-,46-,47-,48-,49-,50-,51-,52-,53-,54-,55-/m0/s1. The Labute approximate surface area is 599 Å². The molecular formula is C68H121N17O17. The summed E-state index contributed by atoms with van der Waals surface area (Å²) in [5.74, 6) is -13.9. The van der Waals surface area contributed by atoms with E-state index in [9.17, 15) is 82.8 Å². The second-order valence-electron chi connectivity index (χ2n) is 27.5. The van der Waals surface area contributed by atoms with Crippen molar-refractivity contribution in [2.24, 2.45) is 52.3 Å². The van der Waals surface area contributed by atoms with Crippen LogP contribution in [0.2, 0.25) is 0 Å². The number of nitrogens with two attached hydrogens (primary N) is 5. The molecule has 580 valence electrons. The Morgan fingerprint density at radius 1 is 0.343 bits per heavy atom. The second kappa shape index (κ2) is 47.9. The monoisotopic (exact) mass is 1450 g/mol. The number of nitrogens with one attached hydrogen (secondary N) is 12. The summed E-state index contributed by atoms with van der Waals surface area (Å²) >= 11 is 0. The first-order valence-corrected chi connectivity index (χ1v) is 35.4. The van der Waals surface area contributed by atoms with Crippen LogP contribution in [0.4, 0.5) is 0 Å². The zero-order valence-corrected chi connectivity index (χ0v) is 61.5. The van der Waals surface area contributed by atoms with E-state index in [0.717, 1.165) is 6.92 Å². The fourth-order valence-electron chi connectivity index (χ4n) is 10.5. The molecular weight excluding hydrogens is 1330 g/mol. The first-order chi connectivity index (χ1) is 47.8. The molecule has 0 saturated carbocycles. The lowest BCUT2D eigenvalue weighted by atomic mass is 9.98. The van der Waals surface area contributed by atoms with Gasteiger partial charge in [-0.1, -0.05) is 73.9 Å². The highest BCUT2D eigenvalue weighted by atomic mass is 16.4. The van der Waals surface area contributed by atoms with Gasteiger partial charge in [0.15, 0.2) is 0 Å². The van der Waals surface area contributed by atoms with Crippen molar-refractivity contribution < 1.29 is 82.8 Å². The maximum absolute atomic E-state index is 14.3. The molecule has 26 N–H and O–H groups in total. The first-order valence-electron chi connectivity index (χ1n) is 35.4. The van der Waals surface area contributed by atoms with Crippen LogP contribution in [-0.4, -0.2) is 214 Å². The molecule has 1 aromatic carbocycles. The summed E-state index contributed by atoms with van der Waals surface area (Å²) in [6.07, 6.45) is 0.893. The molecule has 1 rings (SSSR count). The minimum Gasteiger partial charge on any atom is -0.508 e. The largest absolute Gasteiger partial charge is 0.508 e. The molecule has 0 unspecified atom stereocenters. The van der Waals surface area contributed by atoms with Crippen molar-refractivity contribution in [3.63, 3.8) is 0 Å². The van der Waals surface area contributed by atoms with Gasteiger partial charge in [0.2, 0.25) is 70.9 Å². The Bertz CT molecular complexity index is 2850. The number of benzene rings is 1. The molecule has 15 atom stereocenters. The molecule has 0 bridgehead atoms. The van der Waals surface area contributed by atoms with Crippen molar-refractivity contribution in [2.75, 3.05) is 26.2 Å². The summed E-state index contributed by atoms with van der Waals surface area (Å²) < 4.78 is 0. The molecule has 0 heterocycles. The fourth-order valence-corrected chi connectivity index (χ4v) is 10.5. The van der Waals surface area contributed by atoms with E-state index in [1.807, 2.05) is 0 Å². The minimum absolute atomic E-state index is 0.0149. The highest BCUT2D eigenvalue weighted by Gasteiger charge is 2.39. The highest BCUT2D eigenvalue weighted by Crippen LogP contribution is 2.16. The number of carbonyl (C=O) groups excluding carboxylic acids is 12. The number of aliphatic hydroxyl groups excluding tert-OH is 2. The van der Waals surface area contributed by atoms with E-state index in [4.69, 9.17) is 28.7 Å². The van der Waals surface area contributed by atoms with E-state index in [0.29, 0.717) is 76.4 Å². The zero-order valence-electron chi connectivity index (χ0n) is 61.5. The van der Waals surface area contributed by atoms with E-state index in [-0.39, 0.29) is 56.9 Å². The maximum Gasteiger partial charge on any atom is 0.326 e. The van der Waals surface area contributed by atoms with Gasteiger partial charge < -0.3 is 113 Å². The van der Waals surface area contributed by atoms with Gasteiger partial charge in [-0.2, -0.15) is 0 Å². The van der Waals surface area contributed by atoms with Crippen LogP contribution in [0.1, 0.15) is 172 Å². The Hall–Kier alpha value is -8.15. The number of rotatable bonds is 50. The molecule has 12 amide bonds. The maximum atomic E-state index is 14.3. The molecule has 0 aliphatic carbocycles. The molecule has 102 heavy (non-hydrogen) atoms. The Morgan fingerprint density at radius 3 is 1.04 bits per heavy atom. The summed E-state index contributed by atoms with van der Waals surface area (Å²) in [7, 11) is 0. The number of phenols is 1. The lowest BCUT2D eigenvalue weighted by Crippen LogP contribution is -2.63. The van der Waals surface area contributed by atoms with Gasteiger partial charge in [0, 0.05) is 6.42 Å². The molecule has 0 saturated heterocycles. The number of phenolic OH excluding ortho intramolecular Hbond substituents is 1. The summed E-state index contributed by atoms with van der Waals surface area (Å²) in [6, 6.07) is -12.3. The van der Waals surface area contributed by atoms with Gasteiger partial charge in [-0.25, -0.2) is 4.79 Å². The third-order valence-corrected chi connectivity index (χ3v) is 16.7. The number of aromatic hydroxyl groups is 1. The van der Waals surface area contributed by atoms with Crippen LogP contribution in [0.15, 0.2) is 24.3 Å². The van der Waals surface area contributed by atoms with Gasteiger partial charge in [-0.15, -0.1) is 0 Å². The van der Waals surface area contributed by atoms with Gasteiger partial charge in [0.05, 0.1) is 18.2 Å². The number of carboxylic acid groups (broad SMARTS) is 1. The second-order valence-corrected chi connectivity index (χ2v) is 27.5. The average molecular weight is 1450 g/mol. The van der Waals surface area contributed by atoms with E-state index in [1.165, 1.54) is 45.0 Å². The molecule has 0 spiro atoms. The number of amides is 12. The SMILES string of the molecule is CC(C)C[C@H](NC(=O)[C@@H](NC(=O)[C@H](Cc1ccc(O)cc1)NC(=O)[C@@H](NC(=O)[C@H](C)NC(=O)[C@H](C)NC(=O)[C@@H](NC(=O)[C@@H](NC(=O)[C@H](CCCCN)NC(=O)[C@H](CCCCN)NC(=O)[C@H](CCCCN)NC(=O)[C@@H](N)CCCCN)[C@@H](C)O)C(C)C)[C@@H](C)O)C(C)C)C(=O)N[C@H](C(=O)O)C(C)C. The summed E-state index contributed by atoms with van der Waals surface area (Å²) in [6.45, 7) is 19.2. The number of unbranched alkanes of at least 4 members (excludes halogenated alkanes) is 4. The lowest BCUT2D eigenvalue weighted by molar-refractivity contribution is -0.143. The number of aliphatic carboxylic acids is 1. The number of hydrogen-bond donors (Lipinski definition) is 21. The van der Waals surface area contributed by atoms with Crippen molar-refractivity contribution in [3.05, 3.63) is 29.8 Å². The zero-order chi connectivity index (χ0) is 77.7. The molecule has 34 nitrogen and oxygen atoms in total. The molecule has 34 heteroatoms. The predicted molar refractivity (Wildman–Crippen MR) is 381 cm³/mol. The molecule has 0 aliphatic heterocycles. The fraction of sp³-hybridized carbons (Fsp3) is 0.721. The summed E-state index contributed by atoms with van der Waals surface area (Å²) in [5, 5.41) is 72.2. The quantitative estimate of drug-likeness (QED) is 0.0281. The van der Waals surface area contributed by atoms with Gasteiger partial charge in [-0.3, -0.25) is 57.5 Å². The third-order valence-electron chi connectivity index (χ3n) is 16.7. The first kappa shape index (κ1) is 91.9. The number of aliphatic hydroxyl groups is 2. The van der Waals surface area contributed by atoms with E-state index >= 15 is 0 Å². The van der Waals surface area contributed by atoms with E-state index in [2.05, 4.69) is 63.8 Å². The number of carboxylic acids is 1. The van der Waals surface area contributed by atoms with E-state index in [1.54, 1.807) is 55.4 Å². The predicted octanol–water partition coefficient (Wildman–Crippen LogP) is -3.50. The van der Waals surface area contributed by atoms with Crippen molar-refractivity contribution in [3.8, 4) is 5.75 Å².